The number of hydrogen-bond acceptors (Lipinski definition) is 9. The van der Waals surface area contributed by atoms with Crippen molar-refractivity contribution in [1.29, 1.82) is 0 Å². The second kappa shape index (κ2) is 26.1. The molecule has 1 rings (SSSR count). The first-order chi connectivity index (χ1) is 28.4. The number of rotatable bonds is 24. The molecule has 1 aromatic rings. The number of halogens is 1. The fourth-order valence-electron chi connectivity index (χ4n) is 6.57. The van der Waals surface area contributed by atoms with Gasteiger partial charge in [0.15, 0.2) is 11.9 Å². The highest BCUT2D eigenvalue weighted by molar-refractivity contribution is 6.30. The van der Waals surface area contributed by atoms with Crippen LogP contribution in [0.5, 0.6) is 0 Å². The van der Waals surface area contributed by atoms with Gasteiger partial charge in [-0.25, -0.2) is 4.79 Å². The first kappa shape index (κ1) is 54.5. The summed E-state index contributed by atoms with van der Waals surface area (Å²) in [4.78, 5) is 95.3. The van der Waals surface area contributed by atoms with Crippen molar-refractivity contribution >= 4 is 53.0 Å². The fraction of sp³-hybridized carbons (Fsp3) is 0.638. The van der Waals surface area contributed by atoms with E-state index in [2.05, 4.69) is 10.6 Å². The number of Topliss-reactive ketones (excluding diaryl/α,β-unsaturated/α-hetero) is 1. The van der Waals surface area contributed by atoms with Gasteiger partial charge in [-0.05, 0) is 94.4 Å². The summed E-state index contributed by atoms with van der Waals surface area (Å²) in [6, 6.07) is 3.87. The number of ketones is 1. The lowest BCUT2D eigenvalue weighted by Crippen LogP contribution is -2.56. The summed E-state index contributed by atoms with van der Waals surface area (Å²) in [7, 11) is 2.89. The largest absolute Gasteiger partial charge is 0.457 e. The summed E-state index contributed by atoms with van der Waals surface area (Å²) in [6.07, 6.45) is 3.46. The smallest absolute Gasteiger partial charge is 0.334 e. The van der Waals surface area contributed by atoms with Crippen LogP contribution in [0.15, 0.2) is 47.6 Å². The molecule has 0 spiro atoms. The van der Waals surface area contributed by atoms with Crippen molar-refractivity contribution in [2.45, 2.75) is 146 Å². The lowest BCUT2D eigenvalue weighted by atomic mass is 9.84. The van der Waals surface area contributed by atoms with Crippen LogP contribution < -0.4 is 10.6 Å². The molecule has 0 heterocycles. The van der Waals surface area contributed by atoms with Crippen LogP contribution in [0, 0.1) is 29.6 Å². The topological polar surface area (TPSA) is 168 Å². The molecule has 0 radical (unpaired) electrons. The molecule has 14 heteroatoms. The van der Waals surface area contributed by atoms with Gasteiger partial charge < -0.3 is 29.9 Å². The molecule has 0 aromatic heterocycles. The van der Waals surface area contributed by atoms with Gasteiger partial charge >= 0.3 is 11.9 Å². The third-order valence-electron chi connectivity index (χ3n) is 11.2. The van der Waals surface area contributed by atoms with Crippen molar-refractivity contribution in [1.82, 2.24) is 20.4 Å². The zero-order valence-electron chi connectivity index (χ0n) is 39.2. The number of esters is 2. The number of benzene rings is 1. The average Bonchev–Trinajstić information content (AvgIpc) is 3.20. The fourth-order valence-corrected chi connectivity index (χ4v) is 6.69. The Kier molecular flexibility index (Phi) is 23.3. The number of hydrogen-bond donors (Lipinski definition) is 2. The van der Waals surface area contributed by atoms with E-state index in [-0.39, 0.29) is 60.7 Å². The Labute approximate surface area is 369 Å². The minimum absolute atomic E-state index is 0.0160. The average molecular weight is 874 g/mol. The molecular formula is C47H73ClN4O9. The van der Waals surface area contributed by atoms with E-state index in [1.54, 1.807) is 51.1 Å². The van der Waals surface area contributed by atoms with E-state index in [1.165, 1.54) is 37.7 Å². The Bertz CT molecular complexity index is 1720. The molecule has 1 aromatic carbocycles. The summed E-state index contributed by atoms with van der Waals surface area (Å²) in [5, 5.41) is 5.92. The van der Waals surface area contributed by atoms with Crippen LogP contribution in [-0.2, 0) is 49.5 Å². The van der Waals surface area contributed by atoms with Crippen molar-refractivity contribution in [2.75, 3.05) is 20.6 Å². The van der Waals surface area contributed by atoms with E-state index >= 15 is 0 Å². The molecule has 13 nitrogen and oxygen atoms in total. The standard InChI is InChI=1S/C47H73ClN4O9/c1-16-29(7)41(35(13)53)50-40(54)26-51(14)45(57)38(25-36-20-22-37(48)23-21-36)52(15)44(56)34(12)49-43(55)39(24-27(3)4)60-47(59)32(10)19-18-31(9)33(11)42(30(8)17-2)61-46(58)28(5)6/h17,19-23,27-29,31,33-34,38-39,41-42H,16,18,24-26H2,1-15H3,(H,49,55)(H,50,54)/b30-17+,32-19+/t29?,31-,33-,34-,38+,39+,41-,42+/m0/s1. The van der Waals surface area contributed by atoms with Gasteiger partial charge in [-0.1, -0.05) is 97.7 Å². The van der Waals surface area contributed by atoms with Crippen molar-refractivity contribution in [3.8, 4) is 0 Å². The van der Waals surface area contributed by atoms with Gasteiger partial charge in [0.1, 0.15) is 18.2 Å². The van der Waals surface area contributed by atoms with Crippen LogP contribution in [0.25, 0.3) is 0 Å². The molecule has 0 saturated carbocycles. The Hall–Kier alpha value is -4.52. The lowest BCUT2D eigenvalue weighted by molar-refractivity contribution is -0.154. The van der Waals surface area contributed by atoms with Crippen molar-refractivity contribution < 1.29 is 43.0 Å². The molecule has 8 atom stereocenters. The summed E-state index contributed by atoms with van der Waals surface area (Å²) >= 11 is 6.11. The van der Waals surface area contributed by atoms with E-state index in [1.807, 2.05) is 61.5 Å². The molecule has 0 saturated heterocycles. The predicted octanol–water partition coefficient (Wildman–Crippen LogP) is 6.89. The molecule has 0 fully saturated rings. The van der Waals surface area contributed by atoms with Crippen LogP contribution in [0.3, 0.4) is 0 Å². The quantitative estimate of drug-likeness (QED) is 0.0639. The Morgan fingerprint density at radius 2 is 1.41 bits per heavy atom. The molecule has 0 aliphatic carbocycles. The second-order valence-electron chi connectivity index (χ2n) is 17.3. The first-order valence-electron chi connectivity index (χ1n) is 21.4. The number of carbonyl (C=O) groups excluding carboxylic acids is 7. The second-order valence-corrected chi connectivity index (χ2v) is 17.7. The maximum atomic E-state index is 14.0. The number of ether oxygens (including phenoxy) is 2. The minimum atomic E-state index is -1.21. The highest BCUT2D eigenvalue weighted by atomic mass is 35.5. The molecule has 342 valence electrons. The molecular weight excluding hydrogens is 800 g/mol. The summed E-state index contributed by atoms with van der Waals surface area (Å²) in [5.74, 6) is -3.94. The van der Waals surface area contributed by atoms with Gasteiger partial charge in [0.05, 0.1) is 18.5 Å². The van der Waals surface area contributed by atoms with Gasteiger partial charge in [-0.3, -0.25) is 28.8 Å². The number of likely N-dealkylation sites (N-methyl/N-ethyl adjacent to an activating group) is 2. The molecule has 0 bridgehead atoms. The molecule has 4 amide bonds. The maximum absolute atomic E-state index is 14.0. The SMILES string of the molecule is C/C=C(\C)[C@@H](OC(=O)C(C)C)[C@@H](C)[C@@H](C)C/C=C(\C)C(=O)O[C@H](CC(C)C)C(=O)N[C@@H](C)C(=O)N(C)[C@H](Cc1ccc(Cl)cc1)C(=O)N(C)CC(=O)N[C@H](C(C)=O)C(C)CC. The van der Waals surface area contributed by atoms with E-state index in [0.29, 0.717) is 29.0 Å². The van der Waals surface area contributed by atoms with E-state index in [4.69, 9.17) is 21.1 Å². The first-order valence-corrected chi connectivity index (χ1v) is 21.8. The van der Waals surface area contributed by atoms with Crippen LogP contribution in [0.1, 0.15) is 115 Å². The van der Waals surface area contributed by atoms with Crippen molar-refractivity contribution in [3.05, 3.63) is 58.1 Å². The number of nitrogens with one attached hydrogen (secondary N) is 2. The van der Waals surface area contributed by atoms with Crippen LogP contribution in [-0.4, -0.2) is 102 Å². The Morgan fingerprint density at radius 1 is 0.820 bits per heavy atom. The summed E-state index contributed by atoms with van der Waals surface area (Å²) in [5.41, 5.74) is 1.94. The zero-order chi connectivity index (χ0) is 46.9. The number of amides is 4. The molecule has 1 unspecified atom stereocenters. The van der Waals surface area contributed by atoms with Crippen LogP contribution >= 0.6 is 11.6 Å². The van der Waals surface area contributed by atoms with Crippen LogP contribution in [0.4, 0.5) is 0 Å². The number of nitrogens with zero attached hydrogens (tertiary/aromatic N) is 2. The summed E-state index contributed by atoms with van der Waals surface area (Å²) in [6.45, 7) is 23.1. The van der Waals surface area contributed by atoms with Gasteiger partial charge in [0.25, 0.3) is 5.91 Å². The lowest BCUT2D eigenvalue weighted by Gasteiger charge is -2.33. The number of allylic oxidation sites excluding steroid dienone is 2. The van der Waals surface area contributed by atoms with Crippen molar-refractivity contribution in [3.63, 3.8) is 0 Å². The number of carbonyl (C=O) groups is 7. The van der Waals surface area contributed by atoms with E-state index in [9.17, 15) is 33.6 Å². The minimum Gasteiger partial charge on any atom is -0.457 e. The molecule has 2 N–H and O–H groups in total. The predicted molar refractivity (Wildman–Crippen MR) is 239 cm³/mol. The Morgan fingerprint density at radius 3 is 1.92 bits per heavy atom. The summed E-state index contributed by atoms with van der Waals surface area (Å²) < 4.78 is 11.6. The monoisotopic (exact) mass is 873 g/mol. The Balaban J connectivity index is 3.22. The molecule has 0 aliphatic heterocycles. The third kappa shape index (κ3) is 17.8. The van der Waals surface area contributed by atoms with Crippen LogP contribution in [0.2, 0.25) is 5.02 Å². The highest BCUT2D eigenvalue weighted by Gasteiger charge is 2.35. The third-order valence-corrected chi connectivity index (χ3v) is 11.5. The van der Waals surface area contributed by atoms with Crippen molar-refractivity contribution in [2.24, 2.45) is 29.6 Å². The van der Waals surface area contributed by atoms with Gasteiger partial charge in [0, 0.05) is 31.1 Å². The zero-order valence-corrected chi connectivity index (χ0v) is 40.0. The van der Waals surface area contributed by atoms with E-state index in [0.717, 1.165) is 5.57 Å². The molecule has 61 heavy (non-hydrogen) atoms. The van der Waals surface area contributed by atoms with Gasteiger partial charge in [-0.15, -0.1) is 0 Å². The normalized spacial score (nSPS) is 16.0. The van der Waals surface area contributed by atoms with Gasteiger partial charge in [0.2, 0.25) is 17.7 Å². The van der Waals surface area contributed by atoms with E-state index < -0.39 is 59.9 Å². The van der Waals surface area contributed by atoms with Gasteiger partial charge in [-0.2, -0.15) is 0 Å². The highest BCUT2D eigenvalue weighted by Crippen LogP contribution is 2.28. The molecule has 0 aliphatic rings. The maximum Gasteiger partial charge on any atom is 0.334 e.